The number of hydrogen-bond donors (Lipinski definition) is 1. The van der Waals surface area contributed by atoms with Crippen LogP contribution in [0.1, 0.15) is 25.2 Å². The molecule has 0 saturated carbocycles. The van der Waals surface area contributed by atoms with Crippen molar-refractivity contribution >= 4 is 11.6 Å². The molecule has 0 radical (unpaired) electrons. The van der Waals surface area contributed by atoms with Gasteiger partial charge in [-0.1, -0.05) is 23.7 Å². The second-order valence-corrected chi connectivity index (χ2v) is 5.59. The highest BCUT2D eigenvalue weighted by Crippen LogP contribution is 2.23. The third-order valence-electron chi connectivity index (χ3n) is 3.27. The van der Waals surface area contributed by atoms with Crippen molar-refractivity contribution in [2.45, 2.75) is 25.8 Å². The van der Waals surface area contributed by atoms with E-state index in [1.165, 1.54) is 0 Å². The maximum Gasteiger partial charge on any atom is 0.209 e. The Balaban J connectivity index is 1.88. The quantitative estimate of drug-likeness (QED) is 0.757. The van der Waals surface area contributed by atoms with Gasteiger partial charge < -0.3 is 9.52 Å². The Labute approximate surface area is 130 Å². The Morgan fingerprint density at radius 2 is 2.14 bits per heavy atom. The number of aliphatic hydroxyl groups is 1. The lowest BCUT2D eigenvalue weighted by molar-refractivity contribution is 0.262. The predicted octanol–water partition coefficient (Wildman–Crippen LogP) is 3.59. The molecule has 5 heteroatoms. The van der Waals surface area contributed by atoms with Gasteiger partial charge >= 0.3 is 0 Å². The fourth-order valence-corrected chi connectivity index (χ4v) is 2.33. The van der Waals surface area contributed by atoms with E-state index >= 15 is 0 Å². The molecule has 1 aromatic carbocycles. The van der Waals surface area contributed by atoms with E-state index in [4.69, 9.17) is 21.1 Å². The van der Waals surface area contributed by atoms with Gasteiger partial charge in [-0.15, -0.1) is 0 Å². The number of unbranched alkanes of at least 4 members (excludes halogenated alkanes) is 2. The molecular formula is C16H21ClN2O2. The van der Waals surface area contributed by atoms with E-state index in [9.17, 15) is 0 Å². The van der Waals surface area contributed by atoms with Gasteiger partial charge in [0.05, 0.1) is 12.7 Å². The summed E-state index contributed by atoms with van der Waals surface area (Å²) in [6, 6.07) is 7.55. The Bertz CT molecular complexity index is 557. The fourth-order valence-electron chi connectivity index (χ4n) is 2.14. The van der Waals surface area contributed by atoms with Crippen LogP contribution in [0, 0.1) is 0 Å². The van der Waals surface area contributed by atoms with Crippen LogP contribution < -0.4 is 0 Å². The molecule has 1 heterocycles. The van der Waals surface area contributed by atoms with Gasteiger partial charge in [-0.05, 0) is 45.0 Å². The molecule has 1 N–H and O–H groups in total. The number of halogens is 1. The lowest BCUT2D eigenvalue weighted by Gasteiger charge is -2.13. The molecule has 2 rings (SSSR count). The summed E-state index contributed by atoms with van der Waals surface area (Å²) >= 11 is 5.98. The van der Waals surface area contributed by atoms with E-state index in [1.54, 1.807) is 6.20 Å². The number of benzene rings is 1. The number of oxazole rings is 1. The number of aromatic nitrogens is 1. The molecule has 0 amide bonds. The van der Waals surface area contributed by atoms with Crippen molar-refractivity contribution in [3.8, 4) is 11.3 Å². The van der Waals surface area contributed by atoms with Crippen molar-refractivity contribution < 1.29 is 9.52 Å². The van der Waals surface area contributed by atoms with Crippen LogP contribution in [0.25, 0.3) is 11.3 Å². The molecule has 0 aliphatic carbocycles. The van der Waals surface area contributed by atoms with Gasteiger partial charge in [0.2, 0.25) is 5.89 Å². The molecule has 0 atom stereocenters. The second-order valence-electron chi connectivity index (χ2n) is 5.15. The van der Waals surface area contributed by atoms with Crippen molar-refractivity contribution in [1.82, 2.24) is 9.88 Å². The Kier molecular flexibility index (Phi) is 6.23. The van der Waals surface area contributed by atoms with Crippen LogP contribution in [-0.4, -0.2) is 35.2 Å². The average molecular weight is 309 g/mol. The highest BCUT2D eigenvalue weighted by atomic mass is 35.5. The topological polar surface area (TPSA) is 49.5 Å². The highest BCUT2D eigenvalue weighted by Gasteiger charge is 2.09. The minimum Gasteiger partial charge on any atom is -0.439 e. The summed E-state index contributed by atoms with van der Waals surface area (Å²) in [6.07, 6.45) is 4.71. The molecule has 114 valence electrons. The monoisotopic (exact) mass is 308 g/mol. The summed E-state index contributed by atoms with van der Waals surface area (Å²) in [6.45, 7) is 1.92. The second kappa shape index (κ2) is 8.17. The maximum atomic E-state index is 8.75. The van der Waals surface area contributed by atoms with E-state index in [2.05, 4.69) is 9.88 Å². The van der Waals surface area contributed by atoms with Crippen LogP contribution >= 0.6 is 11.6 Å². The normalized spacial score (nSPS) is 11.2. The average Bonchev–Trinajstić information content (AvgIpc) is 2.92. The lowest BCUT2D eigenvalue weighted by atomic mass is 10.2. The Morgan fingerprint density at radius 1 is 1.29 bits per heavy atom. The van der Waals surface area contributed by atoms with E-state index in [0.29, 0.717) is 17.5 Å². The molecule has 0 bridgehead atoms. The zero-order chi connectivity index (χ0) is 15.1. The van der Waals surface area contributed by atoms with Crippen LogP contribution in [0.5, 0.6) is 0 Å². The maximum absolute atomic E-state index is 8.75. The SMILES string of the molecule is CN(CCCCCO)Cc1ncc(-c2cccc(Cl)c2)o1. The molecule has 0 spiro atoms. The number of rotatable bonds is 8. The van der Waals surface area contributed by atoms with Gasteiger partial charge in [0.15, 0.2) is 5.76 Å². The van der Waals surface area contributed by atoms with Crippen LogP contribution in [0.4, 0.5) is 0 Å². The molecule has 4 nitrogen and oxygen atoms in total. The molecule has 0 aliphatic heterocycles. The fraction of sp³-hybridized carbons (Fsp3) is 0.438. The molecule has 21 heavy (non-hydrogen) atoms. The van der Waals surface area contributed by atoms with Gasteiger partial charge in [0.1, 0.15) is 0 Å². The van der Waals surface area contributed by atoms with E-state index < -0.39 is 0 Å². The van der Waals surface area contributed by atoms with Gasteiger partial charge in [-0.2, -0.15) is 0 Å². The zero-order valence-electron chi connectivity index (χ0n) is 12.3. The molecule has 0 saturated heterocycles. The van der Waals surface area contributed by atoms with Crippen LogP contribution in [0.15, 0.2) is 34.9 Å². The number of hydrogen-bond acceptors (Lipinski definition) is 4. The van der Waals surface area contributed by atoms with Crippen molar-refractivity contribution in [2.24, 2.45) is 0 Å². The predicted molar refractivity (Wildman–Crippen MR) is 84.2 cm³/mol. The van der Waals surface area contributed by atoms with Crippen LogP contribution in [0.2, 0.25) is 5.02 Å². The minimum absolute atomic E-state index is 0.270. The standard InChI is InChI=1S/C16H21ClN2O2/c1-19(8-3-2-4-9-20)12-16-18-11-15(21-16)13-6-5-7-14(17)10-13/h5-7,10-11,20H,2-4,8-9,12H2,1H3. The molecule has 0 fully saturated rings. The minimum atomic E-state index is 0.270. The summed E-state index contributed by atoms with van der Waals surface area (Å²) in [7, 11) is 2.04. The third kappa shape index (κ3) is 5.16. The summed E-state index contributed by atoms with van der Waals surface area (Å²) in [5.74, 6) is 1.44. The molecular weight excluding hydrogens is 288 g/mol. The van der Waals surface area contributed by atoms with E-state index in [0.717, 1.165) is 37.1 Å². The molecule has 0 unspecified atom stereocenters. The Hall–Kier alpha value is -1.36. The van der Waals surface area contributed by atoms with Gasteiger partial charge in [-0.25, -0.2) is 4.98 Å². The van der Waals surface area contributed by atoms with Gasteiger partial charge in [0.25, 0.3) is 0 Å². The lowest BCUT2D eigenvalue weighted by Crippen LogP contribution is -2.19. The number of aliphatic hydroxyl groups excluding tert-OH is 1. The van der Waals surface area contributed by atoms with Crippen molar-refractivity contribution in [3.63, 3.8) is 0 Å². The smallest absolute Gasteiger partial charge is 0.209 e. The Morgan fingerprint density at radius 3 is 2.90 bits per heavy atom. The van der Waals surface area contributed by atoms with Crippen molar-refractivity contribution in [2.75, 3.05) is 20.2 Å². The van der Waals surface area contributed by atoms with Gasteiger partial charge in [-0.3, -0.25) is 4.90 Å². The molecule has 1 aromatic heterocycles. The van der Waals surface area contributed by atoms with Crippen molar-refractivity contribution in [3.05, 3.63) is 41.4 Å². The van der Waals surface area contributed by atoms with Crippen LogP contribution in [0.3, 0.4) is 0 Å². The molecule has 0 aliphatic rings. The summed E-state index contributed by atoms with van der Waals surface area (Å²) < 4.78 is 5.77. The largest absolute Gasteiger partial charge is 0.439 e. The van der Waals surface area contributed by atoms with Crippen molar-refractivity contribution in [1.29, 1.82) is 0 Å². The first-order chi connectivity index (χ1) is 10.2. The summed E-state index contributed by atoms with van der Waals surface area (Å²) in [5, 5.41) is 9.44. The third-order valence-corrected chi connectivity index (χ3v) is 3.50. The van der Waals surface area contributed by atoms with Gasteiger partial charge in [0, 0.05) is 17.2 Å². The summed E-state index contributed by atoms with van der Waals surface area (Å²) in [5.41, 5.74) is 0.937. The van der Waals surface area contributed by atoms with E-state index in [1.807, 2.05) is 31.3 Å². The zero-order valence-corrected chi connectivity index (χ0v) is 13.0. The summed E-state index contributed by atoms with van der Waals surface area (Å²) in [4.78, 5) is 6.49. The molecule has 2 aromatic rings. The van der Waals surface area contributed by atoms with Crippen LogP contribution in [-0.2, 0) is 6.54 Å². The first kappa shape index (κ1) is 16.0. The first-order valence-electron chi connectivity index (χ1n) is 7.19. The first-order valence-corrected chi connectivity index (χ1v) is 7.57. The highest BCUT2D eigenvalue weighted by molar-refractivity contribution is 6.30. The number of nitrogens with zero attached hydrogens (tertiary/aromatic N) is 2. The van der Waals surface area contributed by atoms with E-state index in [-0.39, 0.29) is 6.61 Å².